The van der Waals surface area contributed by atoms with Crippen LogP contribution in [-0.2, 0) is 9.53 Å². The SMILES string of the molecule is O=C1OC(=O)c2ccc(C(O)C(O)C(=O)O)c3cccc1c23. The molecule has 22 heavy (non-hydrogen) atoms. The van der Waals surface area contributed by atoms with Gasteiger partial charge in [-0.1, -0.05) is 18.2 Å². The summed E-state index contributed by atoms with van der Waals surface area (Å²) in [7, 11) is 0. The molecule has 0 spiro atoms. The molecule has 0 saturated carbocycles. The average Bonchev–Trinajstić information content (AvgIpc) is 2.50. The van der Waals surface area contributed by atoms with E-state index in [1.807, 2.05) is 0 Å². The van der Waals surface area contributed by atoms with Gasteiger partial charge in [0.2, 0.25) is 0 Å². The van der Waals surface area contributed by atoms with Gasteiger partial charge in [0.15, 0.2) is 6.10 Å². The number of benzene rings is 2. The summed E-state index contributed by atoms with van der Waals surface area (Å²) in [5, 5.41) is 28.9. The topological polar surface area (TPSA) is 121 Å². The van der Waals surface area contributed by atoms with Crippen molar-refractivity contribution >= 4 is 28.7 Å². The van der Waals surface area contributed by atoms with Crippen LogP contribution in [0.25, 0.3) is 10.8 Å². The highest BCUT2D eigenvalue weighted by atomic mass is 16.6. The summed E-state index contributed by atoms with van der Waals surface area (Å²) in [6, 6.07) is 7.16. The molecule has 0 bridgehead atoms. The molecule has 2 atom stereocenters. The summed E-state index contributed by atoms with van der Waals surface area (Å²) in [5.74, 6) is -3.20. The Balaban J connectivity index is 2.29. The smallest absolute Gasteiger partial charge is 0.346 e. The Bertz CT molecular complexity index is 804. The summed E-state index contributed by atoms with van der Waals surface area (Å²) >= 11 is 0. The highest BCUT2D eigenvalue weighted by Crippen LogP contribution is 2.34. The van der Waals surface area contributed by atoms with Gasteiger partial charge in [-0.25, -0.2) is 14.4 Å². The summed E-state index contributed by atoms with van der Waals surface area (Å²) in [4.78, 5) is 34.3. The lowest BCUT2D eigenvalue weighted by Crippen LogP contribution is -2.28. The Morgan fingerprint density at radius 2 is 1.64 bits per heavy atom. The van der Waals surface area contributed by atoms with Gasteiger partial charge in [0.05, 0.1) is 11.1 Å². The molecule has 112 valence electrons. The molecule has 0 radical (unpaired) electrons. The van der Waals surface area contributed by atoms with Crippen molar-refractivity contribution in [3.63, 3.8) is 0 Å². The van der Waals surface area contributed by atoms with Gasteiger partial charge in [-0.2, -0.15) is 0 Å². The molecule has 7 nitrogen and oxygen atoms in total. The van der Waals surface area contributed by atoms with E-state index in [0.29, 0.717) is 5.39 Å². The Morgan fingerprint density at radius 3 is 2.27 bits per heavy atom. The van der Waals surface area contributed by atoms with Gasteiger partial charge in [-0.05, 0) is 23.1 Å². The van der Waals surface area contributed by atoms with Crippen LogP contribution in [0.1, 0.15) is 32.4 Å². The first-order valence-electron chi connectivity index (χ1n) is 6.33. The van der Waals surface area contributed by atoms with Gasteiger partial charge in [-0.3, -0.25) is 0 Å². The van der Waals surface area contributed by atoms with Crippen molar-refractivity contribution in [3.05, 3.63) is 47.0 Å². The van der Waals surface area contributed by atoms with Crippen LogP contribution in [-0.4, -0.2) is 39.3 Å². The van der Waals surface area contributed by atoms with E-state index < -0.39 is 30.1 Å². The molecule has 0 aromatic heterocycles. The number of carboxylic acids is 1. The summed E-state index contributed by atoms with van der Waals surface area (Å²) in [5.41, 5.74) is 0.398. The van der Waals surface area contributed by atoms with Crippen LogP contribution >= 0.6 is 0 Å². The molecule has 0 amide bonds. The second kappa shape index (κ2) is 4.90. The first-order valence-corrected chi connectivity index (χ1v) is 6.33. The monoisotopic (exact) mass is 302 g/mol. The molecule has 3 N–H and O–H groups in total. The maximum absolute atomic E-state index is 11.8. The molecule has 2 unspecified atom stereocenters. The number of carbonyl (C=O) groups is 3. The van der Waals surface area contributed by atoms with E-state index in [9.17, 15) is 24.6 Å². The second-order valence-corrected chi connectivity index (χ2v) is 4.84. The first-order chi connectivity index (χ1) is 10.4. The first kappa shape index (κ1) is 14.2. The number of aliphatic hydroxyl groups excluding tert-OH is 2. The Hall–Kier alpha value is -2.77. The number of cyclic esters (lactones) is 2. The Morgan fingerprint density at radius 1 is 1.00 bits per heavy atom. The molecule has 3 rings (SSSR count). The predicted octanol–water partition coefficient (Wildman–Crippen LogP) is 0.629. The zero-order valence-corrected chi connectivity index (χ0v) is 11.0. The maximum Gasteiger partial charge on any atom is 0.346 e. The van der Waals surface area contributed by atoms with Crippen LogP contribution in [0, 0.1) is 0 Å². The number of aliphatic hydroxyl groups is 2. The van der Waals surface area contributed by atoms with Gasteiger partial charge in [-0.15, -0.1) is 0 Å². The number of hydrogen-bond acceptors (Lipinski definition) is 6. The highest BCUT2D eigenvalue weighted by Gasteiger charge is 2.31. The van der Waals surface area contributed by atoms with Crippen molar-refractivity contribution in [3.8, 4) is 0 Å². The van der Waals surface area contributed by atoms with Crippen LogP contribution in [0.2, 0.25) is 0 Å². The minimum atomic E-state index is -2.02. The molecule has 7 heteroatoms. The number of carboxylic acid groups (broad SMARTS) is 1. The van der Waals surface area contributed by atoms with E-state index in [1.165, 1.54) is 30.3 Å². The standard InChI is InChI=1S/C15H10O7/c16-11(12(17)13(18)19)7-4-5-9-10-6(7)2-1-3-8(10)14(20)22-15(9)21/h1-5,11-12,16-17H,(H,18,19). The number of rotatable bonds is 3. The lowest BCUT2D eigenvalue weighted by molar-refractivity contribution is -0.153. The molecular formula is C15H10O7. The lowest BCUT2D eigenvalue weighted by Gasteiger charge is -2.20. The van der Waals surface area contributed by atoms with E-state index in [0.717, 1.165) is 0 Å². The van der Waals surface area contributed by atoms with Crippen LogP contribution in [0.4, 0.5) is 0 Å². The van der Waals surface area contributed by atoms with Crippen molar-refractivity contribution in [2.45, 2.75) is 12.2 Å². The van der Waals surface area contributed by atoms with Gasteiger partial charge in [0, 0.05) is 5.39 Å². The summed E-state index contributed by atoms with van der Waals surface area (Å²) in [6.07, 6.45) is -3.72. The molecule has 2 aromatic carbocycles. The fourth-order valence-electron chi connectivity index (χ4n) is 2.53. The zero-order chi connectivity index (χ0) is 16.0. The van der Waals surface area contributed by atoms with Crippen LogP contribution in [0.3, 0.4) is 0 Å². The Kier molecular flexibility index (Phi) is 3.16. The molecule has 1 aliphatic rings. The van der Waals surface area contributed by atoms with E-state index >= 15 is 0 Å². The van der Waals surface area contributed by atoms with Crippen LogP contribution in [0.15, 0.2) is 30.3 Å². The molecule has 1 aliphatic heterocycles. The molecule has 0 saturated heterocycles. The van der Waals surface area contributed by atoms with E-state index in [1.54, 1.807) is 0 Å². The summed E-state index contributed by atoms with van der Waals surface area (Å²) < 4.78 is 4.61. The normalized spacial score (nSPS) is 16.3. The lowest BCUT2D eigenvalue weighted by atomic mass is 9.90. The third kappa shape index (κ3) is 1.95. The number of esters is 2. The van der Waals surface area contributed by atoms with Gasteiger partial charge in [0.25, 0.3) is 0 Å². The van der Waals surface area contributed by atoms with Crippen molar-refractivity contribution in [2.24, 2.45) is 0 Å². The number of aliphatic carboxylic acids is 1. The van der Waals surface area contributed by atoms with Crippen molar-refractivity contribution in [2.75, 3.05) is 0 Å². The van der Waals surface area contributed by atoms with Crippen molar-refractivity contribution < 1.29 is 34.4 Å². The van der Waals surface area contributed by atoms with E-state index in [-0.39, 0.29) is 22.1 Å². The average molecular weight is 302 g/mol. The number of carbonyl (C=O) groups excluding carboxylic acids is 2. The quantitative estimate of drug-likeness (QED) is 0.561. The number of hydrogen-bond donors (Lipinski definition) is 3. The largest absolute Gasteiger partial charge is 0.479 e. The molecular weight excluding hydrogens is 292 g/mol. The van der Waals surface area contributed by atoms with Crippen LogP contribution in [0.5, 0.6) is 0 Å². The third-order valence-electron chi connectivity index (χ3n) is 3.57. The zero-order valence-electron chi connectivity index (χ0n) is 11.0. The molecule has 0 aliphatic carbocycles. The van der Waals surface area contributed by atoms with Gasteiger partial charge in [0.1, 0.15) is 6.10 Å². The maximum atomic E-state index is 11.8. The Labute approximate surface area is 123 Å². The summed E-state index contributed by atoms with van der Waals surface area (Å²) in [6.45, 7) is 0. The highest BCUT2D eigenvalue weighted by molar-refractivity contribution is 6.21. The fourth-order valence-corrected chi connectivity index (χ4v) is 2.53. The molecule has 1 heterocycles. The minimum absolute atomic E-state index is 0.109. The van der Waals surface area contributed by atoms with E-state index in [4.69, 9.17) is 5.11 Å². The molecule has 0 fully saturated rings. The van der Waals surface area contributed by atoms with Crippen molar-refractivity contribution in [1.82, 2.24) is 0 Å². The predicted molar refractivity (Wildman–Crippen MR) is 72.3 cm³/mol. The van der Waals surface area contributed by atoms with E-state index in [2.05, 4.69) is 4.74 Å². The van der Waals surface area contributed by atoms with Crippen molar-refractivity contribution in [1.29, 1.82) is 0 Å². The minimum Gasteiger partial charge on any atom is -0.479 e. The third-order valence-corrected chi connectivity index (χ3v) is 3.57. The molecule has 2 aromatic rings. The van der Waals surface area contributed by atoms with Crippen LogP contribution < -0.4 is 0 Å². The second-order valence-electron chi connectivity index (χ2n) is 4.84. The number of ether oxygens (including phenoxy) is 1. The fraction of sp³-hybridized carbons (Fsp3) is 0.133. The van der Waals surface area contributed by atoms with Gasteiger partial charge < -0.3 is 20.1 Å². The van der Waals surface area contributed by atoms with Gasteiger partial charge >= 0.3 is 17.9 Å².